The number of aromatic nitrogens is 2. The number of hydrogen-bond donors (Lipinski definition) is 1. The quantitative estimate of drug-likeness (QED) is 0.319. The van der Waals surface area contributed by atoms with Crippen LogP contribution in [0.3, 0.4) is 0 Å². The van der Waals surface area contributed by atoms with E-state index in [1.807, 2.05) is 0 Å². The molecular formula is C22H15F4N3O3S. The maximum atomic E-state index is 13.9. The number of carbonyl (C=O) groups excluding carboxylic acids is 1. The highest BCUT2D eigenvalue weighted by Crippen LogP contribution is 2.33. The zero-order valence-corrected chi connectivity index (χ0v) is 17.5. The van der Waals surface area contributed by atoms with Gasteiger partial charge in [0, 0.05) is 29.9 Å². The number of carbonyl (C=O) groups is 1. The molecule has 0 saturated heterocycles. The molecule has 2 aromatic carbocycles. The molecule has 2 heterocycles. The molecule has 1 N–H and O–H groups in total. The molecule has 4 rings (SSSR count). The zero-order valence-electron chi connectivity index (χ0n) is 16.7. The Hall–Kier alpha value is -3.73. The van der Waals surface area contributed by atoms with Gasteiger partial charge in [-0.05, 0) is 24.3 Å². The van der Waals surface area contributed by atoms with E-state index in [1.165, 1.54) is 18.3 Å². The van der Waals surface area contributed by atoms with E-state index in [0.29, 0.717) is 11.3 Å². The molecule has 0 bridgehead atoms. The lowest BCUT2D eigenvalue weighted by molar-refractivity contribution is -0.116. The Bertz CT molecular complexity index is 1280. The molecule has 1 amide bonds. The number of para-hydroxylation sites is 1. The van der Waals surface area contributed by atoms with Crippen molar-refractivity contribution in [1.82, 2.24) is 9.97 Å². The van der Waals surface area contributed by atoms with E-state index in [1.54, 1.807) is 23.6 Å². The summed E-state index contributed by atoms with van der Waals surface area (Å²) in [4.78, 5) is 20.5. The second-order valence-corrected chi connectivity index (χ2v) is 7.56. The largest absolute Gasteiger partial charge is 0.441 e. The number of benzene rings is 2. The van der Waals surface area contributed by atoms with E-state index in [9.17, 15) is 22.4 Å². The summed E-state index contributed by atoms with van der Waals surface area (Å²) < 4.78 is 62.1. The molecule has 0 radical (unpaired) electrons. The van der Waals surface area contributed by atoms with Crippen molar-refractivity contribution in [2.45, 2.75) is 19.5 Å². The molecule has 0 aliphatic heterocycles. The topological polar surface area (TPSA) is 77.3 Å². The smallest absolute Gasteiger partial charge is 0.387 e. The predicted molar refractivity (Wildman–Crippen MR) is 113 cm³/mol. The lowest BCUT2D eigenvalue weighted by atomic mass is 10.1. The minimum Gasteiger partial charge on any atom is -0.441 e. The Kier molecular flexibility index (Phi) is 6.68. The van der Waals surface area contributed by atoms with E-state index >= 15 is 0 Å². The van der Waals surface area contributed by atoms with E-state index in [0.717, 1.165) is 23.5 Å². The molecule has 0 fully saturated rings. The van der Waals surface area contributed by atoms with E-state index in [-0.39, 0.29) is 46.8 Å². The highest BCUT2D eigenvalue weighted by atomic mass is 32.1. The first-order valence-electron chi connectivity index (χ1n) is 9.59. The normalized spacial score (nSPS) is 11.1. The molecule has 11 heteroatoms. The Morgan fingerprint density at radius 2 is 1.97 bits per heavy atom. The van der Waals surface area contributed by atoms with Crippen LogP contribution in [0.4, 0.5) is 22.7 Å². The number of nitrogens with zero attached hydrogens (tertiary/aromatic N) is 2. The van der Waals surface area contributed by atoms with E-state index in [2.05, 4.69) is 20.0 Å². The average molecular weight is 477 g/mol. The van der Waals surface area contributed by atoms with Crippen LogP contribution in [0.25, 0.3) is 22.6 Å². The van der Waals surface area contributed by atoms with Crippen molar-refractivity contribution in [3.05, 3.63) is 71.6 Å². The van der Waals surface area contributed by atoms with Crippen molar-refractivity contribution in [3.63, 3.8) is 0 Å². The van der Waals surface area contributed by atoms with Crippen LogP contribution in [0.15, 0.2) is 58.5 Å². The first kappa shape index (κ1) is 22.5. The lowest BCUT2D eigenvalue weighted by Crippen LogP contribution is -2.12. The molecule has 33 heavy (non-hydrogen) atoms. The van der Waals surface area contributed by atoms with Crippen molar-refractivity contribution in [2.75, 3.05) is 5.32 Å². The van der Waals surface area contributed by atoms with Gasteiger partial charge in [-0.3, -0.25) is 4.79 Å². The fourth-order valence-electron chi connectivity index (χ4n) is 2.97. The van der Waals surface area contributed by atoms with Crippen molar-refractivity contribution >= 4 is 22.4 Å². The third-order valence-corrected chi connectivity index (χ3v) is 5.20. The fourth-order valence-corrected chi connectivity index (χ4v) is 3.70. The van der Waals surface area contributed by atoms with Crippen molar-refractivity contribution < 1.29 is 31.5 Å². The first-order valence-corrected chi connectivity index (χ1v) is 10.5. The lowest BCUT2D eigenvalue weighted by Gasteiger charge is -2.08. The standard InChI is InChI=1S/C22H15F4N3O3S/c23-12-5-6-13(15(24)9-12)18-10-27-20(31-18)8-7-19(30)29-22-28-16(11-33-22)14-3-1-2-4-17(14)32-21(25)26/h1-6,9-11,21H,7-8H2,(H,28,29,30). The van der Waals surface area contributed by atoms with Gasteiger partial charge in [0.1, 0.15) is 17.4 Å². The SMILES string of the molecule is O=C(CCc1ncc(-c2ccc(F)cc2F)o1)Nc1nc(-c2ccccc2OC(F)F)cs1. The van der Waals surface area contributed by atoms with Crippen molar-refractivity contribution in [3.8, 4) is 28.3 Å². The maximum Gasteiger partial charge on any atom is 0.387 e. The van der Waals surface area contributed by atoms with Gasteiger partial charge in [0.2, 0.25) is 5.91 Å². The van der Waals surface area contributed by atoms with Crippen molar-refractivity contribution in [1.29, 1.82) is 0 Å². The molecule has 0 spiro atoms. The molecule has 0 aliphatic carbocycles. The molecule has 0 atom stereocenters. The summed E-state index contributed by atoms with van der Waals surface area (Å²) in [7, 11) is 0. The molecule has 2 aromatic heterocycles. The molecule has 0 saturated carbocycles. The monoisotopic (exact) mass is 477 g/mol. The number of anilines is 1. The number of nitrogens with one attached hydrogen (secondary N) is 1. The zero-order chi connectivity index (χ0) is 23.4. The molecule has 4 aromatic rings. The van der Waals surface area contributed by atoms with Crippen LogP contribution in [0.1, 0.15) is 12.3 Å². The Morgan fingerprint density at radius 1 is 1.15 bits per heavy atom. The summed E-state index contributed by atoms with van der Waals surface area (Å²) in [6, 6.07) is 9.30. The van der Waals surface area contributed by atoms with Crippen molar-refractivity contribution in [2.24, 2.45) is 0 Å². The van der Waals surface area contributed by atoms with Crippen LogP contribution in [0, 0.1) is 11.6 Å². The number of amides is 1. The summed E-state index contributed by atoms with van der Waals surface area (Å²) in [6.07, 6.45) is 1.44. The number of ether oxygens (including phenoxy) is 1. The van der Waals surface area contributed by atoms with Crippen LogP contribution < -0.4 is 10.1 Å². The van der Waals surface area contributed by atoms with Gasteiger partial charge in [0.15, 0.2) is 16.8 Å². The van der Waals surface area contributed by atoms with Gasteiger partial charge < -0.3 is 14.5 Å². The van der Waals surface area contributed by atoms with Gasteiger partial charge in [-0.25, -0.2) is 18.7 Å². The summed E-state index contributed by atoms with van der Waals surface area (Å²) in [5.74, 6) is -1.55. The predicted octanol–water partition coefficient (Wildman–Crippen LogP) is 5.92. The maximum absolute atomic E-state index is 13.9. The van der Waals surface area contributed by atoms with Crippen LogP contribution in [0.2, 0.25) is 0 Å². The Morgan fingerprint density at radius 3 is 2.76 bits per heavy atom. The van der Waals surface area contributed by atoms with Gasteiger partial charge in [-0.2, -0.15) is 8.78 Å². The summed E-state index contributed by atoms with van der Waals surface area (Å²) in [5.41, 5.74) is 0.811. The number of aryl methyl sites for hydroxylation is 1. The van der Waals surface area contributed by atoms with Crippen LogP contribution in [0.5, 0.6) is 5.75 Å². The summed E-state index contributed by atoms with van der Waals surface area (Å²) in [5, 5.41) is 4.52. The number of halogens is 4. The van der Waals surface area contributed by atoms with Crippen LogP contribution in [-0.4, -0.2) is 22.5 Å². The molecule has 0 unspecified atom stereocenters. The molecule has 170 valence electrons. The van der Waals surface area contributed by atoms with Gasteiger partial charge in [0.25, 0.3) is 0 Å². The number of rotatable bonds is 8. The fraction of sp³-hybridized carbons (Fsp3) is 0.136. The second-order valence-electron chi connectivity index (χ2n) is 6.70. The average Bonchev–Trinajstić information content (AvgIpc) is 3.42. The van der Waals surface area contributed by atoms with Crippen LogP contribution >= 0.6 is 11.3 Å². The van der Waals surface area contributed by atoms with Gasteiger partial charge in [0.05, 0.1) is 17.5 Å². The Labute approximate surface area is 188 Å². The summed E-state index contributed by atoms with van der Waals surface area (Å²) in [6.45, 7) is -2.97. The molecular weight excluding hydrogens is 462 g/mol. The van der Waals surface area contributed by atoms with E-state index in [4.69, 9.17) is 4.42 Å². The number of oxazole rings is 1. The van der Waals surface area contributed by atoms with Crippen LogP contribution in [-0.2, 0) is 11.2 Å². The van der Waals surface area contributed by atoms with Gasteiger partial charge in [-0.1, -0.05) is 12.1 Å². The van der Waals surface area contributed by atoms with E-state index < -0.39 is 18.2 Å². The van der Waals surface area contributed by atoms with Gasteiger partial charge in [-0.15, -0.1) is 11.3 Å². The molecule has 0 aliphatic rings. The Balaban J connectivity index is 1.36. The highest BCUT2D eigenvalue weighted by molar-refractivity contribution is 7.14. The number of alkyl halides is 2. The minimum atomic E-state index is -2.97. The summed E-state index contributed by atoms with van der Waals surface area (Å²) >= 11 is 1.13. The first-order chi connectivity index (χ1) is 15.9. The number of thiazole rings is 1. The number of hydrogen-bond acceptors (Lipinski definition) is 6. The third kappa shape index (κ3) is 5.55. The highest BCUT2D eigenvalue weighted by Gasteiger charge is 2.16. The second kappa shape index (κ2) is 9.82. The van der Waals surface area contributed by atoms with Gasteiger partial charge >= 0.3 is 6.61 Å². The molecule has 6 nitrogen and oxygen atoms in total. The third-order valence-electron chi connectivity index (χ3n) is 4.45. The minimum absolute atomic E-state index is 0.00580.